The summed E-state index contributed by atoms with van der Waals surface area (Å²) in [4.78, 5) is 10.9. The van der Waals surface area contributed by atoms with Gasteiger partial charge in [-0.3, -0.25) is 0 Å². The van der Waals surface area contributed by atoms with E-state index in [9.17, 15) is 4.79 Å². The Bertz CT molecular complexity index is 534. The van der Waals surface area contributed by atoms with E-state index in [0.717, 1.165) is 11.6 Å². The first-order valence-corrected chi connectivity index (χ1v) is 5.50. The lowest BCUT2D eigenvalue weighted by atomic mass is 10.2. The number of nitrogens with zero attached hydrogens (tertiary/aromatic N) is 3. The van der Waals surface area contributed by atoms with Crippen molar-refractivity contribution in [3.63, 3.8) is 0 Å². The zero-order chi connectivity index (χ0) is 12.8. The fourth-order valence-corrected chi connectivity index (χ4v) is 1.46. The van der Waals surface area contributed by atoms with Gasteiger partial charge in [0.2, 0.25) is 0 Å². The summed E-state index contributed by atoms with van der Waals surface area (Å²) >= 11 is 0. The number of esters is 1. The van der Waals surface area contributed by atoms with E-state index in [1.54, 1.807) is 10.9 Å². The molecule has 0 atom stereocenters. The molecule has 5 nitrogen and oxygen atoms in total. The second-order valence-electron chi connectivity index (χ2n) is 3.70. The number of rotatable bonds is 5. The van der Waals surface area contributed by atoms with Crippen LogP contribution in [0.1, 0.15) is 11.3 Å². The third-order valence-corrected chi connectivity index (χ3v) is 2.30. The fourth-order valence-electron chi connectivity index (χ4n) is 1.46. The summed E-state index contributed by atoms with van der Waals surface area (Å²) in [5, 5.41) is 7.88. The molecule has 2 rings (SSSR count). The van der Waals surface area contributed by atoms with Gasteiger partial charge in [0, 0.05) is 6.08 Å². The van der Waals surface area contributed by atoms with E-state index in [0.29, 0.717) is 12.2 Å². The summed E-state index contributed by atoms with van der Waals surface area (Å²) in [6.45, 7) is 4.07. The largest absolute Gasteiger partial charge is 0.456 e. The summed E-state index contributed by atoms with van der Waals surface area (Å²) in [7, 11) is 0. The Hall–Kier alpha value is -2.43. The summed E-state index contributed by atoms with van der Waals surface area (Å²) in [6.07, 6.45) is 2.87. The van der Waals surface area contributed by atoms with E-state index in [1.807, 2.05) is 30.3 Å². The highest BCUT2D eigenvalue weighted by Crippen LogP contribution is 2.03. The van der Waals surface area contributed by atoms with Gasteiger partial charge in [-0.15, -0.1) is 5.10 Å². The number of carbonyl (C=O) groups excluding carboxylic acids is 1. The maximum atomic E-state index is 10.9. The number of hydrogen-bond donors (Lipinski definition) is 0. The molecule has 0 aliphatic heterocycles. The molecule has 5 heteroatoms. The first kappa shape index (κ1) is 12.0. The Morgan fingerprint density at radius 3 is 2.89 bits per heavy atom. The van der Waals surface area contributed by atoms with Crippen molar-refractivity contribution >= 4 is 5.97 Å². The number of carbonyl (C=O) groups is 1. The first-order valence-electron chi connectivity index (χ1n) is 5.50. The standard InChI is InChI=1S/C13H13N3O2/c1-2-13(17)18-10-12-9-16(15-14-12)8-11-6-4-3-5-7-11/h2-7,9H,1,8,10H2. The van der Waals surface area contributed by atoms with Crippen molar-refractivity contribution in [2.75, 3.05) is 0 Å². The molecule has 1 aromatic carbocycles. The van der Waals surface area contributed by atoms with Crippen LogP contribution in [0, 0.1) is 0 Å². The Labute approximate surface area is 105 Å². The second kappa shape index (κ2) is 5.77. The summed E-state index contributed by atoms with van der Waals surface area (Å²) in [5.41, 5.74) is 1.75. The quantitative estimate of drug-likeness (QED) is 0.590. The van der Waals surface area contributed by atoms with Crippen LogP contribution >= 0.6 is 0 Å². The van der Waals surface area contributed by atoms with Crippen molar-refractivity contribution < 1.29 is 9.53 Å². The average molecular weight is 243 g/mol. The maximum Gasteiger partial charge on any atom is 0.330 e. The van der Waals surface area contributed by atoms with Gasteiger partial charge in [0.05, 0.1) is 12.7 Å². The minimum atomic E-state index is -0.465. The molecule has 0 saturated carbocycles. The summed E-state index contributed by atoms with van der Waals surface area (Å²) in [6, 6.07) is 9.93. The summed E-state index contributed by atoms with van der Waals surface area (Å²) < 4.78 is 6.57. The third kappa shape index (κ3) is 3.28. The topological polar surface area (TPSA) is 57.0 Å². The molecule has 0 saturated heterocycles. The lowest BCUT2D eigenvalue weighted by Gasteiger charge is -1.99. The lowest BCUT2D eigenvalue weighted by Crippen LogP contribution is -2.00. The van der Waals surface area contributed by atoms with Gasteiger partial charge >= 0.3 is 5.97 Å². The first-order chi connectivity index (χ1) is 8.78. The Morgan fingerprint density at radius 1 is 1.39 bits per heavy atom. The molecule has 2 aromatic rings. The van der Waals surface area contributed by atoms with Crippen molar-refractivity contribution in [3.05, 3.63) is 60.4 Å². The Morgan fingerprint density at radius 2 is 2.17 bits per heavy atom. The highest BCUT2D eigenvalue weighted by Gasteiger charge is 2.03. The molecule has 0 fully saturated rings. The van der Waals surface area contributed by atoms with E-state index in [-0.39, 0.29) is 6.61 Å². The number of hydrogen-bond acceptors (Lipinski definition) is 4. The summed E-state index contributed by atoms with van der Waals surface area (Å²) in [5.74, 6) is -0.465. The predicted molar refractivity (Wildman–Crippen MR) is 65.6 cm³/mol. The molecule has 0 radical (unpaired) electrons. The van der Waals surface area contributed by atoms with Gasteiger partial charge in [0.1, 0.15) is 12.3 Å². The number of ether oxygens (including phenoxy) is 1. The molecule has 0 aliphatic rings. The molecular weight excluding hydrogens is 230 g/mol. The predicted octanol–water partition coefficient (Wildman–Crippen LogP) is 1.56. The van der Waals surface area contributed by atoms with Crippen molar-refractivity contribution in [2.24, 2.45) is 0 Å². The van der Waals surface area contributed by atoms with Gasteiger partial charge in [-0.1, -0.05) is 42.1 Å². The minimum Gasteiger partial charge on any atom is -0.456 e. The van der Waals surface area contributed by atoms with Gasteiger partial charge in [-0.05, 0) is 5.56 Å². The zero-order valence-electron chi connectivity index (χ0n) is 9.82. The van der Waals surface area contributed by atoms with Gasteiger partial charge < -0.3 is 4.74 Å². The minimum absolute atomic E-state index is 0.111. The molecule has 0 bridgehead atoms. The van der Waals surface area contributed by atoms with Crippen molar-refractivity contribution in [1.82, 2.24) is 15.0 Å². The highest BCUT2D eigenvalue weighted by molar-refractivity contribution is 5.81. The molecule has 1 heterocycles. The molecule has 18 heavy (non-hydrogen) atoms. The fraction of sp³-hybridized carbons (Fsp3) is 0.154. The van der Waals surface area contributed by atoms with Crippen LogP contribution in [0.25, 0.3) is 0 Å². The highest BCUT2D eigenvalue weighted by atomic mass is 16.5. The maximum absolute atomic E-state index is 10.9. The van der Waals surface area contributed by atoms with E-state index in [2.05, 4.69) is 16.9 Å². The molecule has 1 aromatic heterocycles. The van der Waals surface area contributed by atoms with E-state index >= 15 is 0 Å². The van der Waals surface area contributed by atoms with Crippen LogP contribution < -0.4 is 0 Å². The van der Waals surface area contributed by atoms with E-state index < -0.39 is 5.97 Å². The van der Waals surface area contributed by atoms with Crippen molar-refractivity contribution in [1.29, 1.82) is 0 Å². The smallest absolute Gasteiger partial charge is 0.330 e. The van der Waals surface area contributed by atoms with Crippen LogP contribution in [0.5, 0.6) is 0 Å². The van der Waals surface area contributed by atoms with Gasteiger partial charge in [-0.25, -0.2) is 9.48 Å². The van der Waals surface area contributed by atoms with Gasteiger partial charge in [0.25, 0.3) is 0 Å². The SMILES string of the molecule is C=CC(=O)OCc1cn(Cc2ccccc2)nn1. The molecule has 0 spiro atoms. The third-order valence-electron chi connectivity index (χ3n) is 2.30. The van der Waals surface area contributed by atoms with Crippen LogP contribution in [0.3, 0.4) is 0 Å². The molecule has 0 amide bonds. The molecule has 0 aliphatic carbocycles. The van der Waals surface area contributed by atoms with Crippen molar-refractivity contribution in [3.8, 4) is 0 Å². The lowest BCUT2D eigenvalue weighted by molar-refractivity contribution is -0.139. The van der Waals surface area contributed by atoms with E-state index in [1.165, 1.54) is 0 Å². The number of benzene rings is 1. The van der Waals surface area contributed by atoms with Crippen molar-refractivity contribution in [2.45, 2.75) is 13.2 Å². The molecular formula is C13H13N3O2. The van der Waals surface area contributed by atoms with Crippen LogP contribution in [0.2, 0.25) is 0 Å². The Kier molecular flexibility index (Phi) is 3.86. The van der Waals surface area contributed by atoms with Crippen LogP contribution in [0.4, 0.5) is 0 Å². The van der Waals surface area contributed by atoms with Gasteiger partial charge in [-0.2, -0.15) is 0 Å². The van der Waals surface area contributed by atoms with Crippen LogP contribution in [-0.2, 0) is 22.7 Å². The average Bonchev–Trinajstić information content (AvgIpc) is 2.85. The molecule has 92 valence electrons. The van der Waals surface area contributed by atoms with Crippen LogP contribution in [0.15, 0.2) is 49.2 Å². The monoisotopic (exact) mass is 243 g/mol. The molecule has 0 unspecified atom stereocenters. The van der Waals surface area contributed by atoms with Crippen LogP contribution in [-0.4, -0.2) is 21.0 Å². The molecule has 0 N–H and O–H groups in total. The number of aromatic nitrogens is 3. The van der Waals surface area contributed by atoms with E-state index in [4.69, 9.17) is 4.74 Å². The zero-order valence-corrected chi connectivity index (χ0v) is 9.82. The van der Waals surface area contributed by atoms with Gasteiger partial charge in [0.15, 0.2) is 0 Å². The normalized spacial score (nSPS) is 10.0. The second-order valence-corrected chi connectivity index (χ2v) is 3.70. The Balaban J connectivity index is 1.94.